The van der Waals surface area contributed by atoms with E-state index in [0.29, 0.717) is 16.7 Å². The lowest BCUT2D eigenvalue weighted by atomic mass is 10.1. The van der Waals surface area contributed by atoms with Crippen molar-refractivity contribution in [2.75, 3.05) is 0 Å². The van der Waals surface area contributed by atoms with Crippen molar-refractivity contribution in [3.63, 3.8) is 0 Å². The second-order valence-corrected chi connectivity index (χ2v) is 5.08. The normalized spacial score (nSPS) is 10.8. The maximum atomic E-state index is 12.0. The number of rotatable bonds is 1. The van der Waals surface area contributed by atoms with Gasteiger partial charge < -0.3 is 9.52 Å². The van der Waals surface area contributed by atoms with Gasteiger partial charge in [0.15, 0.2) is 5.43 Å². The minimum atomic E-state index is -0.128. The third-order valence-corrected chi connectivity index (χ3v) is 3.32. The predicted molar refractivity (Wildman–Crippen MR) is 77.3 cm³/mol. The molecule has 94 valence electrons. The minimum absolute atomic E-state index is 0.0713. The van der Waals surface area contributed by atoms with Gasteiger partial charge in [0, 0.05) is 22.2 Å². The van der Waals surface area contributed by atoms with E-state index in [1.165, 1.54) is 18.2 Å². The molecule has 0 radical (unpaired) electrons. The molecule has 19 heavy (non-hydrogen) atoms. The van der Waals surface area contributed by atoms with Crippen LogP contribution in [0.15, 0.2) is 62.2 Å². The van der Waals surface area contributed by atoms with E-state index in [0.717, 1.165) is 10.0 Å². The number of phenolic OH excluding ortho intramolecular Hbond substituents is 1. The number of aromatic hydroxyl groups is 1. The van der Waals surface area contributed by atoms with Crippen LogP contribution in [0.2, 0.25) is 0 Å². The van der Waals surface area contributed by atoms with Crippen molar-refractivity contribution in [3.05, 3.63) is 63.2 Å². The predicted octanol–water partition coefficient (Wildman–Crippen LogP) is 3.93. The summed E-state index contributed by atoms with van der Waals surface area (Å²) in [6, 6.07) is 13.4. The number of hydrogen-bond acceptors (Lipinski definition) is 3. The number of fused-ring (bicyclic) bond motifs is 1. The van der Waals surface area contributed by atoms with Crippen LogP contribution in [0.4, 0.5) is 0 Å². The highest BCUT2D eigenvalue weighted by Crippen LogP contribution is 2.26. The summed E-state index contributed by atoms with van der Waals surface area (Å²) in [5.74, 6) is 0.548. The maximum Gasteiger partial charge on any atom is 0.193 e. The Balaban J connectivity index is 2.28. The van der Waals surface area contributed by atoms with Crippen molar-refractivity contribution < 1.29 is 9.52 Å². The summed E-state index contributed by atoms with van der Waals surface area (Å²) in [4.78, 5) is 12.0. The highest BCUT2D eigenvalue weighted by Gasteiger charge is 2.07. The molecule has 3 aromatic rings. The first kappa shape index (κ1) is 12.0. The van der Waals surface area contributed by atoms with Crippen molar-refractivity contribution >= 4 is 26.9 Å². The van der Waals surface area contributed by atoms with Crippen LogP contribution in [-0.2, 0) is 0 Å². The summed E-state index contributed by atoms with van der Waals surface area (Å²) in [6.07, 6.45) is 0. The zero-order chi connectivity index (χ0) is 13.4. The summed E-state index contributed by atoms with van der Waals surface area (Å²) >= 11 is 3.38. The average molecular weight is 317 g/mol. The third kappa shape index (κ3) is 2.27. The van der Waals surface area contributed by atoms with Crippen molar-refractivity contribution in [2.24, 2.45) is 0 Å². The van der Waals surface area contributed by atoms with Gasteiger partial charge in [0.25, 0.3) is 0 Å². The molecule has 2 aromatic carbocycles. The van der Waals surface area contributed by atoms with Gasteiger partial charge in [-0.05, 0) is 24.3 Å². The molecule has 1 heterocycles. The smallest absolute Gasteiger partial charge is 0.193 e. The minimum Gasteiger partial charge on any atom is -0.508 e. The fraction of sp³-hybridized carbons (Fsp3) is 0. The zero-order valence-electron chi connectivity index (χ0n) is 9.76. The molecule has 0 amide bonds. The van der Waals surface area contributed by atoms with Crippen LogP contribution in [0.3, 0.4) is 0 Å². The molecule has 0 spiro atoms. The highest BCUT2D eigenvalue weighted by molar-refractivity contribution is 9.10. The summed E-state index contributed by atoms with van der Waals surface area (Å²) in [6.45, 7) is 0. The molecule has 0 atom stereocenters. The molecule has 0 aliphatic rings. The molecule has 0 aliphatic heterocycles. The molecule has 0 aliphatic carbocycles. The molecule has 3 nitrogen and oxygen atoms in total. The first-order valence-electron chi connectivity index (χ1n) is 5.66. The summed E-state index contributed by atoms with van der Waals surface area (Å²) < 4.78 is 6.59. The van der Waals surface area contributed by atoms with Crippen LogP contribution in [0.5, 0.6) is 5.75 Å². The molecule has 0 saturated heterocycles. The summed E-state index contributed by atoms with van der Waals surface area (Å²) in [5.41, 5.74) is 1.05. The van der Waals surface area contributed by atoms with Crippen LogP contribution in [0.25, 0.3) is 22.3 Å². The van der Waals surface area contributed by atoms with Crippen molar-refractivity contribution in [2.45, 2.75) is 0 Å². The van der Waals surface area contributed by atoms with E-state index in [9.17, 15) is 9.90 Å². The Kier molecular flexibility index (Phi) is 2.87. The molecule has 0 unspecified atom stereocenters. The Morgan fingerprint density at radius 2 is 1.89 bits per heavy atom. The van der Waals surface area contributed by atoms with Crippen LogP contribution in [0, 0.1) is 0 Å². The Morgan fingerprint density at radius 1 is 1.05 bits per heavy atom. The molecule has 0 saturated carbocycles. The van der Waals surface area contributed by atoms with E-state index < -0.39 is 0 Å². The maximum absolute atomic E-state index is 12.0. The van der Waals surface area contributed by atoms with Crippen LogP contribution >= 0.6 is 15.9 Å². The summed E-state index contributed by atoms with van der Waals surface area (Å²) in [5, 5.41) is 9.91. The Labute approximate surface area is 117 Å². The van der Waals surface area contributed by atoms with Crippen LogP contribution < -0.4 is 5.43 Å². The Hall–Kier alpha value is -2.07. The van der Waals surface area contributed by atoms with E-state index in [1.54, 1.807) is 6.07 Å². The molecule has 4 heteroatoms. The molecule has 0 fully saturated rings. The van der Waals surface area contributed by atoms with E-state index in [1.807, 2.05) is 24.3 Å². The van der Waals surface area contributed by atoms with Gasteiger partial charge in [-0.2, -0.15) is 0 Å². The van der Waals surface area contributed by atoms with Crippen molar-refractivity contribution in [1.82, 2.24) is 0 Å². The van der Waals surface area contributed by atoms with Crippen molar-refractivity contribution in [1.29, 1.82) is 0 Å². The van der Waals surface area contributed by atoms with Gasteiger partial charge in [0.1, 0.15) is 17.1 Å². The van der Waals surface area contributed by atoms with Gasteiger partial charge >= 0.3 is 0 Å². The first-order valence-corrected chi connectivity index (χ1v) is 6.45. The summed E-state index contributed by atoms with van der Waals surface area (Å²) in [7, 11) is 0. The molecular formula is C15H9BrO3. The molecule has 3 rings (SSSR count). The fourth-order valence-corrected chi connectivity index (χ4v) is 2.33. The van der Waals surface area contributed by atoms with Gasteiger partial charge in [0.2, 0.25) is 0 Å². The van der Waals surface area contributed by atoms with E-state index in [-0.39, 0.29) is 11.2 Å². The molecular weight excluding hydrogens is 308 g/mol. The quantitative estimate of drug-likeness (QED) is 0.740. The van der Waals surface area contributed by atoms with Crippen LogP contribution in [-0.4, -0.2) is 5.11 Å². The SMILES string of the molecule is O=c1cc(-c2cccc(Br)c2)oc2cc(O)ccc12. The standard InChI is InChI=1S/C15H9BrO3/c16-10-3-1-2-9(6-10)14-8-13(18)12-5-4-11(17)7-15(12)19-14/h1-8,17H. The Morgan fingerprint density at radius 3 is 2.68 bits per heavy atom. The second kappa shape index (κ2) is 4.55. The third-order valence-electron chi connectivity index (χ3n) is 2.82. The molecule has 1 N–H and O–H groups in total. The first-order chi connectivity index (χ1) is 9.13. The number of benzene rings is 2. The lowest BCUT2D eigenvalue weighted by Gasteiger charge is -2.04. The highest BCUT2D eigenvalue weighted by atomic mass is 79.9. The Bertz CT molecular complexity index is 821. The topological polar surface area (TPSA) is 50.4 Å². The van der Waals surface area contributed by atoms with Gasteiger partial charge in [-0.1, -0.05) is 28.1 Å². The van der Waals surface area contributed by atoms with Gasteiger partial charge in [-0.25, -0.2) is 0 Å². The van der Waals surface area contributed by atoms with E-state index in [4.69, 9.17) is 4.42 Å². The fourth-order valence-electron chi connectivity index (χ4n) is 1.93. The lowest BCUT2D eigenvalue weighted by Crippen LogP contribution is -1.99. The largest absolute Gasteiger partial charge is 0.508 e. The average Bonchev–Trinajstić information content (AvgIpc) is 2.38. The number of halogens is 1. The molecule has 1 aromatic heterocycles. The van der Waals surface area contributed by atoms with Gasteiger partial charge in [-0.15, -0.1) is 0 Å². The van der Waals surface area contributed by atoms with Crippen LogP contribution in [0.1, 0.15) is 0 Å². The van der Waals surface area contributed by atoms with Gasteiger partial charge in [-0.3, -0.25) is 4.79 Å². The zero-order valence-corrected chi connectivity index (χ0v) is 11.3. The van der Waals surface area contributed by atoms with Gasteiger partial charge in [0.05, 0.1) is 5.39 Å². The van der Waals surface area contributed by atoms with Crippen molar-refractivity contribution in [3.8, 4) is 17.1 Å². The van der Waals surface area contributed by atoms with E-state index in [2.05, 4.69) is 15.9 Å². The molecule has 0 bridgehead atoms. The van der Waals surface area contributed by atoms with E-state index >= 15 is 0 Å². The number of phenols is 1. The number of hydrogen-bond donors (Lipinski definition) is 1. The second-order valence-electron chi connectivity index (χ2n) is 4.17. The monoisotopic (exact) mass is 316 g/mol. The lowest BCUT2D eigenvalue weighted by molar-refractivity contribution is 0.474.